The summed E-state index contributed by atoms with van der Waals surface area (Å²) in [4.78, 5) is 12.3. The second-order valence-corrected chi connectivity index (χ2v) is 5.62. The second kappa shape index (κ2) is 6.53. The Bertz CT molecular complexity index is 824. The zero-order valence-electron chi connectivity index (χ0n) is 13.2. The SMILES string of the molecule is Cc1ccc(OC(C)C(=O)Nc2ccc3ccccc3c2)cc1. The molecule has 0 aliphatic rings. The van der Waals surface area contributed by atoms with Crippen molar-refractivity contribution in [1.82, 2.24) is 0 Å². The summed E-state index contributed by atoms with van der Waals surface area (Å²) in [5.41, 5.74) is 1.93. The lowest BCUT2D eigenvalue weighted by Gasteiger charge is -2.15. The summed E-state index contributed by atoms with van der Waals surface area (Å²) in [6.45, 7) is 3.76. The Kier molecular flexibility index (Phi) is 4.29. The maximum absolute atomic E-state index is 12.3. The van der Waals surface area contributed by atoms with Crippen LogP contribution in [0.15, 0.2) is 66.7 Å². The van der Waals surface area contributed by atoms with Crippen LogP contribution < -0.4 is 10.1 Å². The molecule has 1 atom stereocenters. The first-order valence-electron chi connectivity index (χ1n) is 7.65. The standard InChI is InChI=1S/C20H19NO2/c1-14-7-11-19(12-8-14)23-15(2)20(22)21-18-10-9-16-5-3-4-6-17(16)13-18/h3-13,15H,1-2H3,(H,21,22). The molecule has 0 aromatic heterocycles. The molecule has 1 amide bonds. The highest BCUT2D eigenvalue weighted by Crippen LogP contribution is 2.19. The Balaban J connectivity index is 1.68. The van der Waals surface area contributed by atoms with E-state index in [1.165, 1.54) is 0 Å². The van der Waals surface area contributed by atoms with Gasteiger partial charge in [0.2, 0.25) is 0 Å². The predicted molar refractivity (Wildman–Crippen MR) is 93.8 cm³/mol. The summed E-state index contributed by atoms with van der Waals surface area (Å²) in [6.07, 6.45) is -0.566. The number of rotatable bonds is 4. The lowest BCUT2D eigenvalue weighted by atomic mass is 10.1. The minimum absolute atomic E-state index is 0.166. The van der Waals surface area contributed by atoms with Crippen molar-refractivity contribution >= 4 is 22.4 Å². The van der Waals surface area contributed by atoms with E-state index in [0.29, 0.717) is 5.75 Å². The van der Waals surface area contributed by atoms with Crippen molar-refractivity contribution in [3.8, 4) is 5.75 Å². The van der Waals surface area contributed by atoms with Crippen LogP contribution in [0.3, 0.4) is 0 Å². The van der Waals surface area contributed by atoms with Gasteiger partial charge in [0.25, 0.3) is 5.91 Å². The smallest absolute Gasteiger partial charge is 0.265 e. The number of hydrogen-bond acceptors (Lipinski definition) is 2. The fraction of sp³-hybridized carbons (Fsp3) is 0.150. The van der Waals surface area contributed by atoms with Crippen LogP contribution in [-0.2, 0) is 4.79 Å². The molecule has 0 heterocycles. The monoisotopic (exact) mass is 305 g/mol. The van der Waals surface area contributed by atoms with Gasteiger partial charge in [-0.05, 0) is 48.9 Å². The molecular formula is C20H19NO2. The highest BCUT2D eigenvalue weighted by Gasteiger charge is 2.15. The van der Waals surface area contributed by atoms with Crippen molar-refractivity contribution in [3.63, 3.8) is 0 Å². The number of aryl methyl sites for hydroxylation is 1. The number of carbonyl (C=O) groups is 1. The number of nitrogens with one attached hydrogen (secondary N) is 1. The molecule has 0 saturated heterocycles. The van der Waals surface area contributed by atoms with Gasteiger partial charge in [0, 0.05) is 5.69 Å². The van der Waals surface area contributed by atoms with Crippen LogP contribution in [0.2, 0.25) is 0 Å². The average Bonchev–Trinajstić information content (AvgIpc) is 2.56. The lowest BCUT2D eigenvalue weighted by Crippen LogP contribution is -2.30. The van der Waals surface area contributed by atoms with Crippen molar-refractivity contribution in [2.24, 2.45) is 0 Å². The fourth-order valence-electron chi connectivity index (χ4n) is 2.39. The van der Waals surface area contributed by atoms with Gasteiger partial charge in [-0.2, -0.15) is 0 Å². The van der Waals surface area contributed by atoms with Crippen LogP contribution in [0, 0.1) is 6.92 Å². The number of carbonyl (C=O) groups excluding carboxylic acids is 1. The van der Waals surface area contributed by atoms with Gasteiger partial charge in [-0.25, -0.2) is 0 Å². The van der Waals surface area contributed by atoms with Gasteiger partial charge in [0.05, 0.1) is 0 Å². The van der Waals surface area contributed by atoms with Crippen molar-refractivity contribution < 1.29 is 9.53 Å². The molecule has 3 heteroatoms. The average molecular weight is 305 g/mol. The molecule has 3 aromatic carbocycles. The molecule has 0 fully saturated rings. The molecule has 3 aromatic rings. The van der Waals surface area contributed by atoms with E-state index in [9.17, 15) is 4.79 Å². The normalized spacial score (nSPS) is 11.9. The summed E-state index contributed by atoms with van der Waals surface area (Å²) in [5.74, 6) is 0.526. The summed E-state index contributed by atoms with van der Waals surface area (Å²) < 4.78 is 5.68. The molecule has 0 aliphatic carbocycles. The number of fused-ring (bicyclic) bond motifs is 1. The Morgan fingerprint density at radius 3 is 2.39 bits per heavy atom. The highest BCUT2D eigenvalue weighted by molar-refractivity contribution is 5.96. The van der Waals surface area contributed by atoms with E-state index in [2.05, 4.69) is 5.32 Å². The number of ether oxygens (including phenoxy) is 1. The quantitative estimate of drug-likeness (QED) is 0.767. The van der Waals surface area contributed by atoms with Gasteiger partial charge in [0.15, 0.2) is 6.10 Å². The van der Waals surface area contributed by atoms with Crippen molar-refractivity contribution in [1.29, 1.82) is 0 Å². The highest BCUT2D eigenvalue weighted by atomic mass is 16.5. The van der Waals surface area contributed by atoms with Crippen molar-refractivity contribution in [2.45, 2.75) is 20.0 Å². The van der Waals surface area contributed by atoms with Gasteiger partial charge < -0.3 is 10.1 Å². The van der Waals surface area contributed by atoms with Crippen LogP contribution in [0.4, 0.5) is 5.69 Å². The minimum atomic E-state index is -0.566. The fourth-order valence-corrected chi connectivity index (χ4v) is 2.39. The molecule has 3 rings (SSSR count). The zero-order chi connectivity index (χ0) is 16.2. The Morgan fingerprint density at radius 2 is 1.65 bits per heavy atom. The third kappa shape index (κ3) is 3.69. The van der Waals surface area contributed by atoms with E-state index in [1.807, 2.05) is 73.7 Å². The van der Waals surface area contributed by atoms with Gasteiger partial charge in [-0.1, -0.05) is 48.0 Å². The van der Waals surface area contributed by atoms with Crippen LogP contribution >= 0.6 is 0 Å². The maximum atomic E-state index is 12.3. The first-order chi connectivity index (χ1) is 11.1. The molecule has 0 aliphatic heterocycles. The number of amides is 1. The molecule has 0 bridgehead atoms. The largest absolute Gasteiger partial charge is 0.481 e. The molecule has 23 heavy (non-hydrogen) atoms. The molecule has 0 spiro atoms. The third-order valence-electron chi connectivity index (χ3n) is 3.72. The Morgan fingerprint density at radius 1 is 0.957 bits per heavy atom. The maximum Gasteiger partial charge on any atom is 0.265 e. The van der Waals surface area contributed by atoms with Gasteiger partial charge in [0.1, 0.15) is 5.75 Å². The van der Waals surface area contributed by atoms with Crippen LogP contribution in [0.1, 0.15) is 12.5 Å². The molecule has 1 unspecified atom stereocenters. The van der Waals surface area contributed by atoms with E-state index in [1.54, 1.807) is 6.92 Å². The Labute approximate surface area is 135 Å². The van der Waals surface area contributed by atoms with Gasteiger partial charge >= 0.3 is 0 Å². The minimum Gasteiger partial charge on any atom is -0.481 e. The summed E-state index contributed by atoms with van der Waals surface area (Å²) in [6, 6.07) is 21.6. The molecule has 116 valence electrons. The molecular weight excluding hydrogens is 286 g/mol. The van der Waals surface area contributed by atoms with E-state index < -0.39 is 6.10 Å². The second-order valence-electron chi connectivity index (χ2n) is 5.62. The third-order valence-corrected chi connectivity index (χ3v) is 3.72. The first kappa shape index (κ1) is 15.1. The number of anilines is 1. The number of hydrogen-bond donors (Lipinski definition) is 1. The zero-order valence-corrected chi connectivity index (χ0v) is 13.2. The van der Waals surface area contributed by atoms with E-state index >= 15 is 0 Å². The summed E-state index contributed by atoms with van der Waals surface area (Å²) in [7, 11) is 0. The van der Waals surface area contributed by atoms with E-state index in [-0.39, 0.29) is 5.91 Å². The lowest BCUT2D eigenvalue weighted by molar-refractivity contribution is -0.122. The van der Waals surface area contributed by atoms with Crippen LogP contribution in [-0.4, -0.2) is 12.0 Å². The van der Waals surface area contributed by atoms with Crippen molar-refractivity contribution in [3.05, 3.63) is 72.3 Å². The van der Waals surface area contributed by atoms with E-state index in [0.717, 1.165) is 22.0 Å². The van der Waals surface area contributed by atoms with Crippen LogP contribution in [0.25, 0.3) is 10.8 Å². The van der Waals surface area contributed by atoms with Crippen molar-refractivity contribution in [2.75, 3.05) is 5.32 Å². The number of benzene rings is 3. The Hall–Kier alpha value is -2.81. The molecule has 3 nitrogen and oxygen atoms in total. The van der Waals surface area contributed by atoms with E-state index in [4.69, 9.17) is 4.74 Å². The molecule has 1 N–H and O–H groups in total. The first-order valence-corrected chi connectivity index (χ1v) is 7.65. The molecule has 0 saturated carbocycles. The molecule has 0 radical (unpaired) electrons. The summed E-state index contributed by atoms with van der Waals surface area (Å²) in [5, 5.41) is 5.14. The predicted octanol–water partition coefficient (Wildman–Crippen LogP) is 4.55. The van der Waals surface area contributed by atoms with Gasteiger partial charge in [-0.15, -0.1) is 0 Å². The van der Waals surface area contributed by atoms with Crippen LogP contribution in [0.5, 0.6) is 5.75 Å². The topological polar surface area (TPSA) is 38.3 Å². The van der Waals surface area contributed by atoms with Gasteiger partial charge in [-0.3, -0.25) is 4.79 Å². The summed E-state index contributed by atoms with van der Waals surface area (Å²) >= 11 is 0.